The van der Waals surface area contributed by atoms with Crippen LogP contribution in [0, 0.1) is 0 Å². The quantitative estimate of drug-likeness (QED) is 0.358. The Hall–Kier alpha value is -2.87. The molecule has 0 aliphatic heterocycles. The lowest BCUT2D eigenvalue weighted by molar-refractivity contribution is -0.0149. The van der Waals surface area contributed by atoms with E-state index in [1.54, 1.807) is 11.8 Å². The van der Waals surface area contributed by atoms with E-state index in [2.05, 4.69) is 30.9 Å². The van der Waals surface area contributed by atoms with E-state index in [-0.39, 0.29) is 12.1 Å². The van der Waals surface area contributed by atoms with Gasteiger partial charge in [-0.1, -0.05) is 37.3 Å². The second kappa shape index (κ2) is 12.7. The van der Waals surface area contributed by atoms with Crippen molar-refractivity contribution in [1.29, 1.82) is 0 Å². The van der Waals surface area contributed by atoms with Crippen molar-refractivity contribution in [1.82, 2.24) is 14.7 Å². The Labute approximate surface area is 209 Å². The van der Waals surface area contributed by atoms with Crippen molar-refractivity contribution in [2.24, 2.45) is 7.05 Å². The molecule has 2 atom stereocenters. The summed E-state index contributed by atoms with van der Waals surface area (Å²) in [4.78, 5) is 2.28. The maximum absolute atomic E-state index is 10.7. The Morgan fingerprint density at radius 2 is 1.66 bits per heavy atom. The van der Waals surface area contributed by atoms with Gasteiger partial charge in [0.2, 0.25) is 5.88 Å². The van der Waals surface area contributed by atoms with E-state index in [9.17, 15) is 5.11 Å². The molecule has 0 fully saturated rings. The number of hydrogen-bond donors (Lipinski definition) is 1. The summed E-state index contributed by atoms with van der Waals surface area (Å²) < 4.78 is 19.1. The predicted octanol–water partition coefficient (Wildman–Crippen LogP) is 5.27. The van der Waals surface area contributed by atoms with Crippen LogP contribution >= 0.6 is 0 Å². The van der Waals surface area contributed by atoms with Gasteiger partial charge in [0.05, 0.1) is 31.5 Å². The largest absolute Gasteiger partial charge is 0.497 e. The number of hydrogen-bond acceptors (Lipinski definition) is 6. The van der Waals surface area contributed by atoms with Crippen molar-refractivity contribution in [3.63, 3.8) is 0 Å². The van der Waals surface area contributed by atoms with Crippen molar-refractivity contribution >= 4 is 0 Å². The average Bonchev–Trinajstić information content (AvgIpc) is 3.17. The lowest BCUT2D eigenvalue weighted by Crippen LogP contribution is -2.40. The van der Waals surface area contributed by atoms with Crippen LogP contribution in [0.25, 0.3) is 11.3 Å². The number of ether oxygens (including phenoxy) is 3. The van der Waals surface area contributed by atoms with Crippen LogP contribution in [0.15, 0.2) is 54.6 Å². The first-order valence-electron chi connectivity index (χ1n) is 12.3. The van der Waals surface area contributed by atoms with Gasteiger partial charge in [-0.05, 0) is 51.5 Å². The van der Waals surface area contributed by atoms with Crippen LogP contribution in [-0.4, -0.2) is 58.3 Å². The molecular formula is C28H39N3O4. The van der Waals surface area contributed by atoms with Crippen LogP contribution in [0.1, 0.15) is 39.7 Å². The molecule has 0 bridgehead atoms. The van der Waals surface area contributed by atoms with Crippen LogP contribution in [0.2, 0.25) is 0 Å². The number of aliphatic hydroxyl groups excluding tert-OH is 1. The number of rotatable bonds is 13. The SMILES string of the molecule is CC[C@@H](C)N(Cc1c(-c2ccccc2)nn(C)c1Oc1ccc(OC)cc1)C[C@H](O)COC(C)C. The van der Waals surface area contributed by atoms with Crippen LogP contribution in [-0.2, 0) is 18.3 Å². The molecular weight excluding hydrogens is 442 g/mol. The highest BCUT2D eigenvalue weighted by molar-refractivity contribution is 5.65. The minimum absolute atomic E-state index is 0.0780. The molecule has 0 saturated heterocycles. The molecule has 1 heterocycles. The molecule has 0 saturated carbocycles. The standard InChI is InChI=1S/C28H39N3O4/c1-7-21(4)31(17-23(32)19-34-20(2)3)18-26-27(22-11-9-8-10-12-22)29-30(5)28(26)35-25-15-13-24(33-6)14-16-25/h8-16,20-21,23,32H,7,17-19H2,1-6H3/t21-,23+/m1/s1. The topological polar surface area (TPSA) is 69.0 Å². The minimum Gasteiger partial charge on any atom is -0.497 e. The summed E-state index contributed by atoms with van der Waals surface area (Å²) in [5.41, 5.74) is 2.88. The first kappa shape index (κ1) is 26.7. The molecule has 1 N–H and O–H groups in total. The van der Waals surface area contributed by atoms with Crippen LogP contribution in [0.5, 0.6) is 17.4 Å². The van der Waals surface area contributed by atoms with Crippen molar-refractivity contribution in [3.8, 4) is 28.6 Å². The molecule has 0 unspecified atom stereocenters. The molecule has 35 heavy (non-hydrogen) atoms. The monoisotopic (exact) mass is 481 g/mol. The van der Waals surface area contributed by atoms with E-state index in [1.165, 1.54) is 0 Å². The third kappa shape index (κ3) is 7.31. The highest BCUT2D eigenvalue weighted by atomic mass is 16.5. The number of aromatic nitrogens is 2. The van der Waals surface area contributed by atoms with Crippen molar-refractivity contribution < 1.29 is 19.3 Å². The van der Waals surface area contributed by atoms with Gasteiger partial charge in [-0.25, -0.2) is 4.68 Å². The van der Waals surface area contributed by atoms with Gasteiger partial charge in [-0.3, -0.25) is 4.90 Å². The lowest BCUT2D eigenvalue weighted by Gasteiger charge is -2.31. The van der Waals surface area contributed by atoms with Gasteiger partial charge in [0, 0.05) is 31.7 Å². The number of benzene rings is 2. The third-order valence-electron chi connectivity index (χ3n) is 6.05. The first-order chi connectivity index (χ1) is 16.8. The minimum atomic E-state index is -0.589. The average molecular weight is 482 g/mol. The van der Waals surface area contributed by atoms with Gasteiger partial charge in [0.15, 0.2) is 0 Å². The zero-order valence-corrected chi connectivity index (χ0v) is 21.8. The zero-order chi connectivity index (χ0) is 25.4. The maximum Gasteiger partial charge on any atom is 0.222 e. The number of methoxy groups -OCH3 is 1. The molecule has 0 aliphatic carbocycles. The Kier molecular flexibility index (Phi) is 9.72. The molecule has 3 rings (SSSR count). The smallest absolute Gasteiger partial charge is 0.222 e. The summed E-state index contributed by atoms with van der Waals surface area (Å²) in [5, 5.41) is 15.5. The number of aliphatic hydroxyl groups is 1. The second-order valence-corrected chi connectivity index (χ2v) is 9.12. The fourth-order valence-electron chi connectivity index (χ4n) is 3.89. The Morgan fingerprint density at radius 3 is 2.26 bits per heavy atom. The summed E-state index contributed by atoms with van der Waals surface area (Å²) in [6, 6.07) is 17.9. The normalized spacial score (nSPS) is 13.3. The van der Waals surface area contributed by atoms with Gasteiger partial charge in [-0.2, -0.15) is 5.10 Å². The summed E-state index contributed by atoms with van der Waals surface area (Å²) in [6.07, 6.45) is 0.441. The molecule has 7 heteroatoms. The fourth-order valence-corrected chi connectivity index (χ4v) is 3.89. The van der Waals surface area contributed by atoms with E-state index >= 15 is 0 Å². The van der Waals surface area contributed by atoms with Crippen LogP contribution in [0.3, 0.4) is 0 Å². The first-order valence-corrected chi connectivity index (χ1v) is 12.3. The summed E-state index contributed by atoms with van der Waals surface area (Å²) >= 11 is 0. The molecule has 190 valence electrons. The second-order valence-electron chi connectivity index (χ2n) is 9.12. The predicted molar refractivity (Wildman–Crippen MR) is 139 cm³/mol. The maximum atomic E-state index is 10.7. The van der Waals surface area contributed by atoms with E-state index in [4.69, 9.17) is 19.3 Å². The van der Waals surface area contributed by atoms with Gasteiger partial charge in [-0.15, -0.1) is 0 Å². The van der Waals surface area contributed by atoms with Crippen molar-refractivity contribution in [3.05, 3.63) is 60.2 Å². The molecule has 0 radical (unpaired) electrons. The van der Waals surface area contributed by atoms with Gasteiger partial charge in [0.1, 0.15) is 17.2 Å². The Morgan fingerprint density at radius 1 is 1.00 bits per heavy atom. The van der Waals surface area contributed by atoms with E-state index in [0.717, 1.165) is 29.0 Å². The Bertz CT molecular complexity index is 1030. The van der Waals surface area contributed by atoms with Gasteiger partial charge >= 0.3 is 0 Å². The molecule has 0 aliphatic rings. The molecule has 1 aromatic heterocycles. The summed E-state index contributed by atoms with van der Waals surface area (Å²) in [7, 11) is 3.54. The van der Waals surface area contributed by atoms with E-state index in [1.807, 2.05) is 63.4 Å². The fraction of sp³-hybridized carbons (Fsp3) is 0.464. The van der Waals surface area contributed by atoms with Crippen LogP contribution in [0.4, 0.5) is 0 Å². The number of aryl methyl sites for hydroxylation is 1. The van der Waals surface area contributed by atoms with Gasteiger partial charge < -0.3 is 19.3 Å². The lowest BCUT2D eigenvalue weighted by atomic mass is 10.1. The van der Waals surface area contributed by atoms with Crippen LogP contribution < -0.4 is 9.47 Å². The Balaban J connectivity index is 1.96. The van der Waals surface area contributed by atoms with Crippen molar-refractivity contribution in [2.75, 3.05) is 20.3 Å². The van der Waals surface area contributed by atoms with E-state index in [0.29, 0.717) is 31.3 Å². The highest BCUT2D eigenvalue weighted by Crippen LogP contribution is 2.35. The zero-order valence-electron chi connectivity index (χ0n) is 21.8. The molecule has 0 spiro atoms. The molecule has 7 nitrogen and oxygen atoms in total. The van der Waals surface area contributed by atoms with E-state index < -0.39 is 6.10 Å². The van der Waals surface area contributed by atoms with Gasteiger partial charge in [0.25, 0.3) is 0 Å². The summed E-state index contributed by atoms with van der Waals surface area (Å²) in [6.45, 7) is 9.67. The number of nitrogens with zero attached hydrogens (tertiary/aromatic N) is 3. The third-order valence-corrected chi connectivity index (χ3v) is 6.05. The molecule has 0 amide bonds. The summed E-state index contributed by atoms with van der Waals surface area (Å²) in [5.74, 6) is 2.15. The van der Waals surface area contributed by atoms with Crippen molar-refractivity contribution in [2.45, 2.75) is 58.9 Å². The molecule has 2 aromatic carbocycles. The highest BCUT2D eigenvalue weighted by Gasteiger charge is 2.25. The molecule has 3 aromatic rings.